The summed E-state index contributed by atoms with van der Waals surface area (Å²) < 4.78 is 25.3. The van der Waals surface area contributed by atoms with E-state index >= 15 is 0 Å². The van der Waals surface area contributed by atoms with Crippen molar-refractivity contribution in [2.24, 2.45) is 10.9 Å². The standard InChI is InChI=1S/C18H23BrN2O3S2/c1-5-10(2)17(22)20-18-21(14-8-26(23,24)9-15(14)25-18)16-11(3)6-13(19)7-12(16)4/h6-7,10,14-15H,5,8-9H2,1-4H3. The molecule has 1 aromatic carbocycles. The molecule has 0 radical (unpaired) electrons. The van der Waals surface area contributed by atoms with Crippen molar-refractivity contribution in [3.05, 3.63) is 27.7 Å². The zero-order chi connectivity index (χ0) is 19.2. The van der Waals surface area contributed by atoms with Gasteiger partial charge < -0.3 is 4.90 Å². The van der Waals surface area contributed by atoms with Crippen molar-refractivity contribution < 1.29 is 13.2 Å². The van der Waals surface area contributed by atoms with Gasteiger partial charge in [0.1, 0.15) is 0 Å². The van der Waals surface area contributed by atoms with Crippen molar-refractivity contribution in [1.29, 1.82) is 0 Å². The number of aryl methyl sites for hydroxylation is 2. The highest BCUT2D eigenvalue weighted by Gasteiger charge is 2.50. The summed E-state index contributed by atoms with van der Waals surface area (Å²) >= 11 is 4.94. The van der Waals surface area contributed by atoms with Crippen molar-refractivity contribution in [2.45, 2.75) is 45.4 Å². The lowest BCUT2D eigenvalue weighted by Gasteiger charge is -2.28. The number of rotatable bonds is 3. The number of hydrogen-bond donors (Lipinski definition) is 0. The van der Waals surface area contributed by atoms with E-state index in [4.69, 9.17) is 0 Å². The molecule has 0 aromatic heterocycles. The molecule has 1 amide bonds. The van der Waals surface area contributed by atoms with Gasteiger partial charge in [-0.3, -0.25) is 4.79 Å². The molecule has 2 saturated heterocycles. The number of nitrogens with zero attached hydrogens (tertiary/aromatic N) is 2. The highest BCUT2D eigenvalue weighted by atomic mass is 79.9. The molecule has 3 unspecified atom stereocenters. The van der Waals surface area contributed by atoms with Crippen LogP contribution in [0.5, 0.6) is 0 Å². The van der Waals surface area contributed by atoms with Crippen molar-refractivity contribution >= 4 is 54.3 Å². The van der Waals surface area contributed by atoms with E-state index < -0.39 is 9.84 Å². The van der Waals surface area contributed by atoms with Gasteiger partial charge in [0.2, 0.25) is 0 Å². The van der Waals surface area contributed by atoms with Gasteiger partial charge in [-0.2, -0.15) is 4.99 Å². The maximum Gasteiger partial charge on any atom is 0.250 e. The molecule has 8 heteroatoms. The van der Waals surface area contributed by atoms with Crippen LogP contribution in [0.15, 0.2) is 21.6 Å². The number of anilines is 1. The zero-order valence-electron chi connectivity index (χ0n) is 15.3. The van der Waals surface area contributed by atoms with Crippen LogP contribution < -0.4 is 4.90 Å². The minimum Gasteiger partial charge on any atom is -0.315 e. The Bertz CT molecular complexity index is 859. The average molecular weight is 459 g/mol. The first-order valence-corrected chi connectivity index (χ1v) is 12.2. The third-order valence-electron chi connectivity index (χ3n) is 5.00. The molecule has 3 rings (SSSR count). The summed E-state index contributed by atoms with van der Waals surface area (Å²) in [6.45, 7) is 7.84. The fourth-order valence-corrected chi connectivity index (χ4v) is 8.08. The average Bonchev–Trinajstić information content (AvgIpc) is 2.98. The van der Waals surface area contributed by atoms with Gasteiger partial charge in [-0.1, -0.05) is 41.5 Å². The van der Waals surface area contributed by atoms with Crippen LogP contribution in [0.25, 0.3) is 0 Å². The lowest BCUT2D eigenvalue weighted by molar-refractivity contribution is -0.121. The van der Waals surface area contributed by atoms with Crippen molar-refractivity contribution in [1.82, 2.24) is 0 Å². The summed E-state index contributed by atoms with van der Waals surface area (Å²) in [4.78, 5) is 18.8. The van der Waals surface area contributed by atoms with Crippen LogP contribution in [0.1, 0.15) is 31.4 Å². The summed E-state index contributed by atoms with van der Waals surface area (Å²) in [5.41, 5.74) is 3.03. The number of halogens is 1. The predicted molar refractivity (Wildman–Crippen MR) is 112 cm³/mol. The molecule has 26 heavy (non-hydrogen) atoms. The van der Waals surface area contributed by atoms with E-state index in [2.05, 4.69) is 20.9 Å². The van der Waals surface area contributed by atoms with Crippen LogP contribution >= 0.6 is 27.7 Å². The largest absolute Gasteiger partial charge is 0.315 e. The SMILES string of the molecule is CCC(C)C(=O)N=C1SC2CS(=O)(=O)CC2N1c1c(C)cc(Br)cc1C. The second-order valence-electron chi connectivity index (χ2n) is 7.10. The summed E-state index contributed by atoms with van der Waals surface area (Å²) in [5, 5.41) is 0.555. The van der Waals surface area contributed by atoms with Crippen LogP contribution in [-0.4, -0.2) is 42.3 Å². The molecule has 142 valence electrons. The molecule has 0 bridgehead atoms. The number of hydrogen-bond acceptors (Lipinski definition) is 4. The molecule has 0 saturated carbocycles. The summed E-state index contributed by atoms with van der Waals surface area (Å²) in [6.07, 6.45) is 0.734. The summed E-state index contributed by atoms with van der Waals surface area (Å²) in [6, 6.07) is 3.85. The molecule has 3 atom stereocenters. The number of aliphatic imine (C=N–C) groups is 1. The Labute approximate surface area is 167 Å². The monoisotopic (exact) mass is 458 g/mol. The van der Waals surface area contributed by atoms with Gasteiger partial charge in [-0.15, -0.1) is 0 Å². The first-order chi connectivity index (χ1) is 12.1. The number of amides is 1. The molecule has 0 aliphatic carbocycles. The Hall–Kier alpha value is -0.860. The fraction of sp³-hybridized carbons (Fsp3) is 0.556. The third-order valence-corrected chi connectivity index (χ3v) is 8.67. The zero-order valence-corrected chi connectivity index (χ0v) is 18.5. The number of thioether (sulfide) groups is 1. The first kappa shape index (κ1) is 19.9. The Morgan fingerprint density at radius 2 is 1.96 bits per heavy atom. The topological polar surface area (TPSA) is 66.8 Å². The van der Waals surface area contributed by atoms with Gasteiger partial charge in [0, 0.05) is 21.3 Å². The van der Waals surface area contributed by atoms with E-state index in [0.29, 0.717) is 5.17 Å². The van der Waals surface area contributed by atoms with Gasteiger partial charge in [-0.25, -0.2) is 8.42 Å². The number of benzene rings is 1. The minimum absolute atomic E-state index is 0.0778. The van der Waals surface area contributed by atoms with Crippen LogP contribution in [0, 0.1) is 19.8 Å². The van der Waals surface area contributed by atoms with Gasteiger partial charge in [0.15, 0.2) is 15.0 Å². The predicted octanol–water partition coefficient (Wildman–Crippen LogP) is 3.71. The van der Waals surface area contributed by atoms with Gasteiger partial charge >= 0.3 is 0 Å². The first-order valence-electron chi connectivity index (χ1n) is 8.68. The Kier molecular flexibility index (Phi) is 5.57. The smallest absolute Gasteiger partial charge is 0.250 e. The normalized spacial score (nSPS) is 27.0. The van der Waals surface area contributed by atoms with Crippen molar-refractivity contribution in [3.63, 3.8) is 0 Å². The Morgan fingerprint density at radius 3 is 2.54 bits per heavy atom. The molecule has 5 nitrogen and oxygen atoms in total. The van der Waals surface area contributed by atoms with E-state index in [1.165, 1.54) is 11.8 Å². The molecule has 0 N–H and O–H groups in total. The van der Waals surface area contributed by atoms with E-state index in [1.54, 1.807) is 0 Å². The Morgan fingerprint density at radius 1 is 1.35 bits per heavy atom. The number of carbonyl (C=O) groups excluding carboxylic acids is 1. The van der Waals surface area contributed by atoms with Crippen LogP contribution in [0.4, 0.5) is 5.69 Å². The summed E-state index contributed by atoms with van der Waals surface area (Å²) in [5.74, 6) is -0.0309. The number of carbonyl (C=O) groups is 1. The highest BCUT2D eigenvalue weighted by Crippen LogP contribution is 2.43. The molecule has 2 heterocycles. The van der Waals surface area contributed by atoms with Gasteiger partial charge in [0.25, 0.3) is 5.91 Å². The van der Waals surface area contributed by atoms with Crippen molar-refractivity contribution in [3.8, 4) is 0 Å². The lowest BCUT2D eigenvalue weighted by atomic mass is 10.1. The van der Waals surface area contributed by atoms with E-state index in [-0.39, 0.29) is 34.6 Å². The molecular formula is C18H23BrN2O3S2. The van der Waals surface area contributed by atoms with Crippen LogP contribution in [-0.2, 0) is 14.6 Å². The molecular weight excluding hydrogens is 436 g/mol. The maximum atomic E-state index is 12.4. The molecule has 2 aliphatic rings. The number of fused-ring (bicyclic) bond motifs is 1. The molecule has 0 spiro atoms. The van der Waals surface area contributed by atoms with E-state index in [9.17, 15) is 13.2 Å². The van der Waals surface area contributed by atoms with Crippen LogP contribution in [0.2, 0.25) is 0 Å². The molecule has 1 aromatic rings. The van der Waals surface area contributed by atoms with E-state index in [0.717, 1.165) is 27.7 Å². The van der Waals surface area contributed by atoms with Crippen LogP contribution in [0.3, 0.4) is 0 Å². The van der Waals surface area contributed by atoms with Gasteiger partial charge in [-0.05, 0) is 43.5 Å². The molecule has 2 fully saturated rings. The number of sulfone groups is 1. The third kappa shape index (κ3) is 3.73. The minimum atomic E-state index is -3.06. The fourth-order valence-electron chi connectivity index (χ4n) is 3.49. The maximum absolute atomic E-state index is 12.4. The number of amidine groups is 1. The molecule has 2 aliphatic heterocycles. The second-order valence-corrected chi connectivity index (χ2v) is 11.4. The second kappa shape index (κ2) is 7.28. The summed E-state index contributed by atoms with van der Waals surface area (Å²) in [7, 11) is -3.06. The highest BCUT2D eigenvalue weighted by molar-refractivity contribution is 9.10. The van der Waals surface area contributed by atoms with E-state index in [1.807, 2.05) is 44.7 Å². The Balaban J connectivity index is 2.09. The van der Waals surface area contributed by atoms with Gasteiger partial charge in [0.05, 0.1) is 17.5 Å². The lowest BCUT2D eigenvalue weighted by Crippen LogP contribution is -2.38. The quantitative estimate of drug-likeness (QED) is 0.690. The van der Waals surface area contributed by atoms with Crippen molar-refractivity contribution in [2.75, 3.05) is 16.4 Å².